The van der Waals surface area contributed by atoms with Crippen LogP contribution in [-0.4, -0.2) is 35.4 Å². The van der Waals surface area contributed by atoms with E-state index in [2.05, 4.69) is 24.6 Å². The number of hydrogen-bond donors (Lipinski definition) is 4. The number of aliphatic hydroxyl groups is 2. The number of anilines is 1. The summed E-state index contributed by atoms with van der Waals surface area (Å²) in [6, 6.07) is -1.21. The van der Waals surface area contributed by atoms with Gasteiger partial charge >= 0.3 is 12.2 Å². The number of rotatable bonds is 6. The molecule has 0 aliphatic heterocycles. The van der Waals surface area contributed by atoms with Gasteiger partial charge in [0.05, 0.1) is 29.4 Å². The van der Waals surface area contributed by atoms with E-state index in [0.717, 1.165) is 11.3 Å². The first-order valence-electron chi connectivity index (χ1n) is 10.1. The molecule has 0 saturated carbocycles. The number of carbonyl (C=O) groups is 1. The van der Waals surface area contributed by atoms with Gasteiger partial charge in [0.15, 0.2) is 9.92 Å². The van der Waals surface area contributed by atoms with Gasteiger partial charge in [-0.2, -0.15) is 13.2 Å². The number of aromatic nitrogens is 3. The van der Waals surface area contributed by atoms with Gasteiger partial charge in [-0.15, -0.1) is 15.7 Å². The minimum atomic E-state index is -4.79. The highest BCUT2D eigenvalue weighted by Gasteiger charge is 2.37. The average Bonchev–Trinajstić information content (AvgIpc) is 3.12. The molecule has 10 nitrogen and oxygen atoms in total. The first-order chi connectivity index (χ1) is 15.4. The minimum Gasteiger partial charge on any atom is -0.390 e. The lowest BCUT2D eigenvalue weighted by Gasteiger charge is -2.20. The SMILES string of the molecule is CC(C)c1nc(C(F)(F)F)nc(C(C)C)c1NC(=O)N=S(N)(=O)c1sc(C(C)(C)O)nc1CO. The Hall–Kier alpha value is -2.20. The largest absolute Gasteiger partial charge is 0.451 e. The second kappa shape index (κ2) is 9.81. The van der Waals surface area contributed by atoms with E-state index >= 15 is 0 Å². The van der Waals surface area contributed by atoms with E-state index in [0.29, 0.717) is 0 Å². The van der Waals surface area contributed by atoms with Crippen molar-refractivity contribution in [2.24, 2.45) is 9.50 Å². The Kier molecular flexibility index (Phi) is 8.09. The van der Waals surface area contributed by atoms with Gasteiger partial charge in [-0.25, -0.2) is 29.1 Å². The molecule has 0 bridgehead atoms. The molecule has 5 N–H and O–H groups in total. The van der Waals surface area contributed by atoms with Gasteiger partial charge in [0, 0.05) is 0 Å². The predicted molar refractivity (Wildman–Crippen MR) is 121 cm³/mol. The first kappa shape index (κ1) is 28.0. The summed E-state index contributed by atoms with van der Waals surface area (Å²) in [5, 5.41) is 27.9. The lowest BCUT2D eigenvalue weighted by Crippen LogP contribution is -2.22. The number of thiazole rings is 1. The summed E-state index contributed by atoms with van der Waals surface area (Å²) in [6.45, 7) is 8.54. The van der Waals surface area contributed by atoms with Crippen LogP contribution >= 0.6 is 11.3 Å². The van der Waals surface area contributed by atoms with Crippen molar-refractivity contribution in [1.29, 1.82) is 0 Å². The number of nitrogens with one attached hydrogen (secondary N) is 1. The number of carbonyl (C=O) groups excluding carboxylic acids is 1. The molecule has 15 heteroatoms. The zero-order valence-electron chi connectivity index (χ0n) is 19.4. The van der Waals surface area contributed by atoms with Gasteiger partial charge in [-0.05, 0) is 25.7 Å². The van der Waals surface area contributed by atoms with Gasteiger partial charge in [0.25, 0.3) is 0 Å². The van der Waals surface area contributed by atoms with E-state index in [1.807, 2.05) is 0 Å². The van der Waals surface area contributed by atoms with E-state index in [1.165, 1.54) is 13.8 Å². The van der Waals surface area contributed by atoms with Crippen LogP contribution in [0.5, 0.6) is 0 Å². The molecule has 2 heterocycles. The van der Waals surface area contributed by atoms with Crippen molar-refractivity contribution in [2.75, 3.05) is 5.32 Å². The number of aliphatic hydroxyl groups excluding tert-OH is 1. The fraction of sp³-hybridized carbons (Fsp3) is 0.579. The quantitative estimate of drug-likeness (QED) is 0.446. The lowest BCUT2D eigenvalue weighted by atomic mass is 10.0. The monoisotopic (exact) mass is 524 g/mol. The van der Waals surface area contributed by atoms with Crippen molar-refractivity contribution in [2.45, 2.75) is 76.0 Å². The van der Waals surface area contributed by atoms with Gasteiger partial charge in [-0.3, -0.25) is 0 Å². The fourth-order valence-corrected chi connectivity index (χ4v) is 5.27. The summed E-state index contributed by atoms with van der Waals surface area (Å²) in [4.78, 5) is 23.9. The molecule has 0 radical (unpaired) electrons. The Morgan fingerprint density at radius 2 is 1.65 bits per heavy atom. The molecule has 0 saturated heterocycles. The number of halogens is 3. The Labute approximate surface area is 199 Å². The van der Waals surface area contributed by atoms with E-state index in [9.17, 15) is 32.4 Å². The highest BCUT2D eigenvalue weighted by atomic mass is 32.2. The van der Waals surface area contributed by atoms with Crippen LogP contribution in [0.3, 0.4) is 0 Å². The molecule has 2 amide bonds. The third kappa shape index (κ3) is 6.27. The second-order valence-corrected chi connectivity index (χ2v) is 11.5. The maximum Gasteiger partial charge on any atom is 0.451 e. The summed E-state index contributed by atoms with van der Waals surface area (Å²) in [5.74, 6) is -2.40. The standard InChI is InChI=1S/C19H27F3N6O4S2/c1-8(2)11-13(12(9(3)4)26-15(25-11)19(20,21)22)27-17(30)28-34(23,32)14-10(7-29)24-16(33-14)18(5,6)31/h8-9,29,31H,7H2,1-6H3,(H3,23,27,28,30,32). The fourth-order valence-electron chi connectivity index (χ4n) is 2.81. The molecule has 0 aromatic carbocycles. The Balaban J connectivity index is 2.59. The van der Waals surface area contributed by atoms with Gasteiger partial charge in [0.1, 0.15) is 14.8 Å². The van der Waals surface area contributed by atoms with Crippen LogP contribution in [0.2, 0.25) is 0 Å². The lowest BCUT2D eigenvalue weighted by molar-refractivity contribution is -0.145. The average molecular weight is 525 g/mol. The smallest absolute Gasteiger partial charge is 0.390 e. The number of amides is 2. The van der Waals surface area contributed by atoms with Crippen LogP contribution in [0.25, 0.3) is 0 Å². The maximum absolute atomic E-state index is 13.3. The first-order valence-corrected chi connectivity index (χ1v) is 12.5. The second-order valence-electron chi connectivity index (χ2n) is 8.56. The Morgan fingerprint density at radius 3 is 2.03 bits per heavy atom. The minimum absolute atomic E-state index is 0.0729. The van der Waals surface area contributed by atoms with Gasteiger partial charge in [0.2, 0.25) is 5.82 Å². The number of urea groups is 1. The van der Waals surface area contributed by atoms with Crippen molar-refractivity contribution in [3.05, 3.63) is 27.9 Å². The molecule has 34 heavy (non-hydrogen) atoms. The van der Waals surface area contributed by atoms with E-state index < -0.39 is 52.0 Å². The third-order valence-corrected chi connectivity index (χ3v) is 7.74. The highest BCUT2D eigenvalue weighted by molar-refractivity contribution is 7.93. The molecular weight excluding hydrogens is 497 g/mol. The molecule has 0 aliphatic carbocycles. The molecule has 2 aromatic heterocycles. The van der Waals surface area contributed by atoms with E-state index in [-0.39, 0.29) is 32.0 Å². The molecule has 2 aromatic rings. The number of nitrogens with zero attached hydrogens (tertiary/aromatic N) is 4. The van der Waals surface area contributed by atoms with Crippen molar-refractivity contribution in [1.82, 2.24) is 15.0 Å². The van der Waals surface area contributed by atoms with E-state index in [4.69, 9.17) is 5.14 Å². The number of hydrogen-bond acceptors (Lipinski definition) is 8. The van der Waals surface area contributed by atoms with Crippen molar-refractivity contribution in [3.8, 4) is 0 Å². The molecule has 0 aliphatic rings. The molecule has 0 fully saturated rings. The topological polar surface area (TPSA) is 164 Å². The van der Waals surface area contributed by atoms with E-state index in [1.54, 1.807) is 27.7 Å². The van der Waals surface area contributed by atoms with Gasteiger partial charge in [-0.1, -0.05) is 27.7 Å². The zero-order chi connectivity index (χ0) is 26.2. The molecule has 1 unspecified atom stereocenters. The van der Waals surface area contributed by atoms with Crippen molar-refractivity contribution in [3.63, 3.8) is 0 Å². The number of alkyl halides is 3. The molecular formula is C19H27F3N6O4S2. The van der Waals surface area contributed by atoms with Crippen LogP contribution in [0.4, 0.5) is 23.7 Å². The summed E-state index contributed by atoms with van der Waals surface area (Å²) >= 11 is 0.722. The van der Waals surface area contributed by atoms with Crippen LogP contribution in [0.15, 0.2) is 8.57 Å². The van der Waals surface area contributed by atoms with Crippen LogP contribution in [0.1, 0.15) is 81.3 Å². The highest BCUT2D eigenvalue weighted by Crippen LogP contribution is 2.35. The zero-order valence-corrected chi connectivity index (χ0v) is 21.0. The van der Waals surface area contributed by atoms with Gasteiger partial charge < -0.3 is 15.5 Å². The Morgan fingerprint density at radius 1 is 1.15 bits per heavy atom. The van der Waals surface area contributed by atoms with Crippen molar-refractivity contribution >= 4 is 33.0 Å². The third-order valence-electron chi connectivity index (χ3n) is 4.36. The summed E-state index contributed by atoms with van der Waals surface area (Å²) in [7, 11) is -3.93. The normalized spacial score (nSPS) is 14.4. The summed E-state index contributed by atoms with van der Waals surface area (Å²) in [6.07, 6.45) is -4.79. The molecule has 0 spiro atoms. The maximum atomic E-state index is 13.3. The summed E-state index contributed by atoms with van der Waals surface area (Å²) in [5.41, 5.74) is -1.77. The molecule has 2 rings (SSSR count). The van der Waals surface area contributed by atoms with Crippen molar-refractivity contribution < 1.29 is 32.4 Å². The summed E-state index contributed by atoms with van der Waals surface area (Å²) < 4.78 is 56.3. The number of nitrogens with two attached hydrogens (primary N) is 1. The van der Waals surface area contributed by atoms with Crippen LogP contribution in [-0.2, 0) is 28.3 Å². The Bertz CT molecular complexity index is 1170. The van der Waals surface area contributed by atoms with Crippen LogP contribution < -0.4 is 10.5 Å². The van der Waals surface area contributed by atoms with Crippen LogP contribution in [0, 0.1) is 0 Å². The predicted octanol–water partition coefficient (Wildman–Crippen LogP) is 3.85. The molecule has 190 valence electrons. The molecule has 1 atom stereocenters.